The highest BCUT2D eigenvalue weighted by Crippen LogP contribution is 2.21. The SMILES string of the molecule is CCOC(=O)c1cc(N)cnc1N(C)CCc1cccs1. The molecule has 0 unspecified atom stereocenters. The van der Waals surface area contributed by atoms with E-state index in [-0.39, 0.29) is 0 Å². The Bertz CT molecular complexity index is 599. The molecule has 112 valence electrons. The number of rotatable bonds is 6. The van der Waals surface area contributed by atoms with Gasteiger partial charge in [-0.05, 0) is 30.9 Å². The summed E-state index contributed by atoms with van der Waals surface area (Å²) in [5, 5.41) is 2.06. The number of hydrogen-bond donors (Lipinski definition) is 1. The third-order valence-electron chi connectivity index (χ3n) is 3.02. The molecule has 0 saturated heterocycles. The zero-order chi connectivity index (χ0) is 15.2. The van der Waals surface area contributed by atoms with Gasteiger partial charge in [-0.2, -0.15) is 0 Å². The fraction of sp³-hybridized carbons (Fsp3) is 0.333. The Morgan fingerprint density at radius 2 is 2.33 bits per heavy atom. The molecule has 0 atom stereocenters. The number of pyridine rings is 1. The van der Waals surface area contributed by atoms with Crippen LogP contribution in [0.15, 0.2) is 29.8 Å². The van der Waals surface area contributed by atoms with Gasteiger partial charge in [0.25, 0.3) is 0 Å². The summed E-state index contributed by atoms with van der Waals surface area (Å²) in [6, 6.07) is 5.74. The molecule has 5 nitrogen and oxygen atoms in total. The summed E-state index contributed by atoms with van der Waals surface area (Å²) >= 11 is 1.72. The van der Waals surface area contributed by atoms with Gasteiger partial charge in [-0.1, -0.05) is 6.07 Å². The molecule has 0 saturated carbocycles. The number of likely N-dealkylation sites (N-methyl/N-ethyl adjacent to an activating group) is 1. The number of esters is 1. The van der Waals surface area contributed by atoms with Crippen molar-refractivity contribution in [1.29, 1.82) is 0 Å². The maximum atomic E-state index is 12.0. The zero-order valence-corrected chi connectivity index (χ0v) is 13.0. The molecular formula is C15H19N3O2S. The predicted molar refractivity (Wildman–Crippen MR) is 85.9 cm³/mol. The lowest BCUT2D eigenvalue weighted by Crippen LogP contribution is -2.24. The van der Waals surface area contributed by atoms with Crippen LogP contribution in [0.1, 0.15) is 22.2 Å². The molecule has 0 aliphatic heterocycles. The molecule has 0 spiro atoms. The van der Waals surface area contributed by atoms with E-state index in [9.17, 15) is 4.79 Å². The molecule has 2 rings (SSSR count). The van der Waals surface area contributed by atoms with Crippen molar-refractivity contribution in [2.24, 2.45) is 0 Å². The van der Waals surface area contributed by atoms with E-state index in [0.29, 0.717) is 23.7 Å². The number of anilines is 2. The van der Waals surface area contributed by atoms with E-state index in [1.54, 1.807) is 30.5 Å². The summed E-state index contributed by atoms with van der Waals surface area (Å²) in [6.45, 7) is 2.87. The number of carbonyl (C=O) groups is 1. The summed E-state index contributed by atoms with van der Waals surface area (Å²) in [5.74, 6) is 0.203. The highest BCUT2D eigenvalue weighted by molar-refractivity contribution is 7.09. The third kappa shape index (κ3) is 3.95. The predicted octanol–water partition coefficient (Wildman–Crippen LogP) is 2.58. The molecule has 2 N–H and O–H groups in total. The number of nitrogens with zero attached hydrogens (tertiary/aromatic N) is 2. The Hall–Kier alpha value is -2.08. The third-order valence-corrected chi connectivity index (χ3v) is 3.95. The van der Waals surface area contributed by atoms with Crippen LogP contribution in [0.4, 0.5) is 11.5 Å². The molecular weight excluding hydrogens is 286 g/mol. The van der Waals surface area contributed by atoms with Crippen molar-refractivity contribution in [3.63, 3.8) is 0 Å². The fourth-order valence-corrected chi connectivity index (χ4v) is 2.67. The van der Waals surface area contributed by atoms with E-state index >= 15 is 0 Å². The summed E-state index contributed by atoms with van der Waals surface area (Å²) in [5.41, 5.74) is 6.59. The number of nitrogen functional groups attached to an aromatic ring is 1. The first-order chi connectivity index (χ1) is 10.1. The Morgan fingerprint density at radius 3 is 3.00 bits per heavy atom. The van der Waals surface area contributed by atoms with Gasteiger partial charge in [-0.15, -0.1) is 11.3 Å². The van der Waals surface area contributed by atoms with Gasteiger partial charge in [0.1, 0.15) is 11.4 Å². The number of aromatic nitrogens is 1. The van der Waals surface area contributed by atoms with Gasteiger partial charge in [-0.3, -0.25) is 0 Å². The van der Waals surface area contributed by atoms with Gasteiger partial charge in [0, 0.05) is 18.5 Å². The average Bonchev–Trinajstić information content (AvgIpc) is 2.98. The minimum atomic E-state index is -0.393. The Labute approximate surface area is 128 Å². The lowest BCUT2D eigenvalue weighted by molar-refractivity contribution is 0.0527. The summed E-state index contributed by atoms with van der Waals surface area (Å²) in [4.78, 5) is 19.5. The normalized spacial score (nSPS) is 10.4. The van der Waals surface area contributed by atoms with Crippen LogP contribution in [-0.4, -0.2) is 31.2 Å². The van der Waals surface area contributed by atoms with E-state index in [4.69, 9.17) is 10.5 Å². The van der Waals surface area contributed by atoms with Crippen molar-refractivity contribution in [2.75, 3.05) is 30.8 Å². The van der Waals surface area contributed by atoms with Gasteiger partial charge in [0.05, 0.1) is 18.5 Å². The first kappa shape index (κ1) is 15.3. The first-order valence-corrected chi connectivity index (χ1v) is 7.66. The lowest BCUT2D eigenvalue weighted by Gasteiger charge is -2.20. The van der Waals surface area contributed by atoms with E-state index in [1.165, 1.54) is 4.88 Å². The van der Waals surface area contributed by atoms with Crippen molar-refractivity contribution in [3.05, 3.63) is 40.2 Å². The summed E-state index contributed by atoms with van der Waals surface area (Å²) in [7, 11) is 1.91. The molecule has 6 heteroatoms. The second-order valence-electron chi connectivity index (χ2n) is 4.61. The topological polar surface area (TPSA) is 68.5 Å². The van der Waals surface area contributed by atoms with E-state index in [2.05, 4.69) is 16.4 Å². The monoisotopic (exact) mass is 305 g/mol. The lowest BCUT2D eigenvalue weighted by atomic mass is 10.2. The van der Waals surface area contributed by atoms with Gasteiger partial charge in [0.2, 0.25) is 0 Å². The highest BCUT2D eigenvalue weighted by atomic mass is 32.1. The van der Waals surface area contributed by atoms with Crippen LogP contribution in [0.5, 0.6) is 0 Å². The van der Waals surface area contributed by atoms with Crippen LogP contribution < -0.4 is 10.6 Å². The van der Waals surface area contributed by atoms with Crippen LogP contribution in [0.3, 0.4) is 0 Å². The average molecular weight is 305 g/mol. The second kappa shape index (κ2) is 7.08. The maximum Gasteiger partial charge on any atom is 0.341 e. The van der Waals surface area contributed by atoms with E-state index in [0.717, 1.165) is 13.0 Å². The standard InChI is InChI=1S/C15H19N3O2S/c1-3-20-15(19)13-9-11(16)10-17-14(13)18(2)7-6-12-5-4-8-21-12/h4-5,8-10H,3,6-7,16H2,1-2H3. The molecule has 0 bridgehead atoms. The number of hydrogen-bond acceptors (Lipinski definition) is 6. The summed E-state index contributed by atoms with van der Waals surface area (Å²) < 4.78 is 5.07. The molecule has 21 heavy (non-hydrogen) atoms. The Morgan fingerprint density at radius 1 is 1.52 bits per heavy atom. The molecule has 2 aromatic rings. The smallest absolute Gasteiger partial charge is 0.341 e. The Kier molecular flexibility index (Phi) is 5.16. The number of thiophene rings is 1. The molecule has 2 heterocycles. The molecule has 0 radical (unpaired) electrons. The second-order valence-corrected chi connectivity index (χ2v) is 5.64. The minimum Gasteiger partial charge on any atom is -0.462 e. The van der Waals surface area contributed by atoms with Crippen LogP contribution in [0.2, 0.25) is 0 Å². The van der Waals surface area contributed by atoms with Gasteiger partial charge < -0.3 is 15.4 Å². The van der Waals surface area contributed by atoms with Crippen LogP contribution in [0, 0.1) is 0 Å². The van der Waals surface area contributed by atoms with Crippen LogP contribution in [-0.2, 0) is 11.2 Å². The van der Waals surface area contributed by atoms with Crippen LogP contribution >= 0.6 is 11.3 Å². The van der Waals surface area contributed by atoms with Gasteiger partial charge in [-0.25, -0.2) is 9.78 Å². The minimum absolute atomic E-state index is 0.325. The molecule has 0 fully saturated rings. The van der Waals surface area contributed by atoms with Gasteiger partial charge >= 0.3 is 5.97 Å². The van der Waals surface area contributed by atoms with Crippen LogP contribution in [0.25, 0.3) is 0 Å². The van der Waals surface area contributed by atoms with E-state index in [1.807, 2.05) is 18.0 Å². The van der Waals surface area contributed by atoms with Crippen molar-refractivity contribution in [2.45, 2.75) is 13.3 Å². The van der Waals surface area contributed by atoms with Crippen molar-refractivity contribution < 1.29 is 9.53 Å². The summed E-state index contributed by atoms with van der Waals surface area (Å²) in [6.07, 6.45) is 2.46. The van der Waals surface area contributed by atoms with Gasteiger partial charge in [0.15, 0.2) is 0 Å². The van der Waals surface area contributed by atoms with Crippen molar-refractivity contribution in [1.82, 2.24) is 4.98 Å². The maximum absolute atomic E-state index is 12.0. The first-order valence-electron chi connectivity index (χ1n) is 6.78. The number of carbonyl (C=O) groups excluding carboxylic acids is 1. The quantitative estimate of drug-likeness (QED) is 0.831. The molecule has 2 aromatic heterocycles. The molecule has 0 aromatic carbocycles. The number of nitrogens with two attached hydrogens (primary N) is 1. The fourth-order valence-electron chi connectivity index (χ4n) is 1.98. The molecule has 0 aliphatic carbocycles. The van der Waals surface area contributed by atoms with Crippen molar-refractivity contribution in [3.8, 4) is 0 Å². The largest absolute Gasteiger partial charge is 0.462 e. The molecule has 0 amide bonds. The van der Waals surface area contributed by atoms with E-state index < -0.39 is 5.97 Å². The number of ether oxygens (including phenoxy) is 1. The van der Waals surface area contributed by atoms with Crippen molar-refractivity contribution >= 4 is 28.8 Å². The highest BCUT2D eigenvalue weighted by Gasteiger charge is 2.17. The Balaban J connectivity index is 2.15. The zero-order valence-electron chi connectivity index (χ0n) is 12.2. The molecule has 0 aliphatic rings.